The Hall–Kier alpha value is -3.35. The van der Waals surface area contributed by atoms with Crippen LogP contribution in [0.4, 0.5) is 0 Å². The molecular formula is C22H25N3O4. The van der Waals surface area contributed by atoms with Crippen molar-refractivity contribution in [3.63, 3.8) is 0 Å². The van der Waals surface area contributed by atoms with Gasteiger partial charge in [0.15, 0.2) is 0 Å². The molecule has 0 unspecified atom stereocenters. The Balaban J connectivity index is 1.65. The van der Waals surface area contributed by atoms with Gasteiger partial charge in [0, 0.05) is 6.54 Å². The molecule has 0 saturated heterocycles. The second kappa shape index (κ2) is 9.73. The maximum Gasteiger partial charge on any atom is 0.307 e. The Kier molecular flexibility index (Phi) is 6.84. The third-order valence-corrected chi connectivity index (χ3v) is 4.16. The Morgan fingerprint density at radius 2 is 1.79 bits per heavy atom. The van der Waals surface area contributed by atoms with Crippen LogP contribution < -0.4 is 10.1 Å². The zero-order valence-corrected chi connectivity index (χ0v) is 16.6. The lowest BCUT2D eigenvalue weighted by atomic mass is 10.3. The van der Waals surface area contributed by atoms with Gasteiger partial charge in [-0.15, -0.1) is 0 Å². The summed E-state index contributed by atoms with van der Waals surface area (Å²) >= 11 is 0. The third-order valence-electron chi connectivity index (χ3n) is 4.16. The molecule has 0 aliphatic heterocycles. The van der Waals surface area contributed by atoms with Gasteiger partial charge in [-0.05, 0) is 38.1 Å². The molecule has 2 aromatic carbocycles. The van der Waals surface area contributed by atoms with Crippen molar-refractivity contribution in [1.29, 1.82) is 0 Å². The molecule has 1 amide bonds. The number of nitrogens with one attached hydrogen (secondary N) is 1. The van der Waals surface area contributed by atoms with Crippen LogP contribution in [0.2, 0.25) is 0 Å². The number of benzene rings is 2. The van der Waals surface area contributed by atoms with Crippen molar-refractivity contribution in [2.75, 3.05) is 6.54 Å². The first-order chi connectivity index (χ1) is 14.0. The van der Waals surface area contributed by atoms with Gasteiger partial charge < -0.3 is 19.4 Å². The number of imidazole rings is 1. The van der Waals surface area contributed by atoms with Crippen LogP contribution in [0, 0.1) is 0 Å². The fraction of sp³-hybridized carbons (Fsp3) is 0.318. The van der Waals surface area contributed by atoms with Crippen LogP contribution in [0.15, 0.2) is 54.6 Å². The van der Waals surface area contributed by atoms with Crippen LogP contribution in [0.3, 0.4) is 0 Å². The van der Waals surface area contributed by atoms with Gasteiger partial charge in [0.1, 0.15) is 24.7 Å². The van der Waals surface area contributed by atoms with Crippen LogP contribution in [0.25, 0.3) is 11.0 Å². The molecule has 0 spiro atoms. The second-order valence-corrected chi connectivity index (χ2v) is 6.84. The average molecular weight is 395 g/mol. The van der Waals surface area contributed by atoms with Gasteiger partial charge in [0.05, 0.1) is 23.6 Å². The molecular weight excluding hydrogens is 370 g/mol. The van der Waals surface area contributed by atoms with Crippen LogP contribution in [0.5, 0.6) is 5.75 Å². The molecule has 0 aliphatic carbocycles. The molecule has 29 heavy (non-hydrogen) atoms. The van der Waals surface area contributed by atoms with E-state index >= 15 is 0 Å². The second-order valence-electron chi connectivity index (χ2n) is 6.84. The highest BCUT2D eigenvalue weighted by molar-refractivity contribution is 5.81. The predicted molar refractivity (Wildman–Crippen MR) is 109 cm³/mol. The Bertz CT molecular complexity index is 967. The van der Waals surface area contributed by atoms with E-state index in [2.05, 4.69) is 10.3 Å². The first-order valence-corrected chi connectivity index (χ1v) is 9.61. The van der Waals surface area contributed by atoms with Crippen molar-refractivity contribution in [2.24, 2.45) is 0 Å². The topological polar surface area (TPSA) is 82.5 Å². The minimum absolute atomic E-state index is 0.0905. The zero-order chi connectivity index (χ0) is 20.6. The lowest BCUT2D eigenvalue weighted by molar-refractivity contribution is -0.147. The summed E-state index contributed by atoms with van der Waals surface area (Å²) in [6.45, 7) is 4.14. The van der Waals surface area contributed by atoms with Gasteiger partial charge in [-0.25, -0.2) is 4.98 Å². The van der Waals surface area contributed by atoms with Crippen molar-refractivity contribution in [3.8, 4) is 5.75 Å². The molecule has 152 valence electrons. The van der Waals surface area contributed by atoms with Crippen molar-refractivity contribution in [3.05, 3.63) is 60.4 Å². The number of carbonyl (C=O) groups excluding carboxylic acids is 2. The number of para-hydroxylation sites is 3. The summed E-state index contributed by atoms with van der Waals surface area (Å²) in [4.78, 5) is 28.6. The van der Waals surface area contributed by atoms with Crippen LogP contribution in [-0.2, 0) is 27.5 Å². The van der Waals surface area contributed by atoms with E-state index in [0.29, 0.717) is 5.82 Å². The minimum Gasteiger partial charge on any atom is -0.486 e. The third kappa shape index (κ3) is 5.81. The minimum atomic E-state index is -0.328. The summed E-state index contributed by atoms with van der Waals surface area (Å²) in [7, 11) is 0. The Morgan fingerprint density at radius 1 is 1.07 bits per heavy atom. The number of rotatable bonds is 9. The largest absolute Gasteiger partial charge is 0.486 e. The summed E-state index contributed by atoms with van der Waals surface area (Å²) in [5.41, 5.74) is 1.65. The lowest BCUT2D eigenvalue weighted by Gasteiger charge is -2.11. The highest BCUT2D eigenvalue weighted by Crippen LogP contribution is 2.18. The SMILES string of the molecule is CC(C)OC(=O)CCNC(=O)Cn1c(COc2ccccc2)nc2ccccc21. The number of fused-ring (bicyclic) bond motifs is 1. The highest BCUT2D eigenvalue weighted by atomic mass is 16.5. The van der Waals surface area contributed by atoms with E-state index in [1.54, 1.807) is 13.8 Å². The van der Waals surface area contributed by atoms with E-state index in [1.807, 2.05) is 59.2 Å². The summed E-state index contributed by atoms with van der Waals surface area (Å²) < 4.78 is 12.7. The molecule has 7 nitrogen and oxygen atoms in total. The number of hydrogen-bond acceptors (Lipinski definition) is 5. The Morgan fingerprint density at radius 3 is 2.55 bits per heavy atom. The molecule has 0 atom stereocenters. The van der Waals surface area contributed by atoms with Gasteiger partial charge in [-0.2, -0.15) is 0 Å². The molecule has 0 bridgehead atoms. The van der Waals surface area contributed by atoms with Gasteiger partial charge in [0.2, 0.25) is 5.91 Å². The number of nitrogens with zero attached hydrogens (tertiary/aromatic N) is 2. The van der Waals surface area contributed by atoms with Crippen LogP contribution >= 0.6 is 0 Å². The van der Waals surface area contributed by atoms with Gasteiger partial charge in [-0.3, -0.25) is 9.59 Å². The standard InChI is InChI=1S/C22H25N3O4/c1-16(2)29-22(27)12-13-23-21(26)14-25-19-11-7-6-10-18(19)24-20(25)15-28-17-8-4-3-5-9-17/h3-11,16H,12-15H2,1-2H3,(H,23,26). The molecule has 1 heterocycles. The summed E-state index contributed by atoms with van der Waals surface area (Å²) in [5.74, 6) is 0.862. The molecule has 1 aromatic heterocycles. The van der Waals surface area contributed by atoms with Gasteiger partial charge in [-0.1, -0.05) is 30.3 Å². The number of ether oxygens (including phenoxy) is 2. The smallest absolute Gasteiger partial charge is 0.307 e. The van der Waals surface area contributed by atoms with E-state index in [1.165, 1.54) is 0 Å². The first kappa shape index (κ1) is 20.4. The Labute approximate surface area is 169 Å². The summed E-state index contributed by atoms with van der Waals surface area (Å²) in [5, 5.41) is 2.76. The van der Waals surface area contributed by atoms with Gasteiger partial charge in [0.25, 0.3) is 0 Å². The van der Waals surface area contributed by atoms with Crippen LogP contribution in [0.1, 0.15) is 26.1 Å². The number of amides is 1. The summed E-state index contributed by atoms with van der Waals surface area (Å²) in [6, 6.07) is 17.1. The van der Waals surface area contributed by atoms with E-state index in [-0.39, 0.29) is 44.1 Å². The first-order valence-electron chi connectivity index (χ1n) is 9.61. The molecule has 1 N–H and O–H groups in total. The van der Waals surface area contributed by atoms with Crippen molar-refractivity contribution in [1.82, 2.24) is 14.9 Å². The molecule has 0 saturated carbocycles. The lowest BCUT2D eigenvalue weighted by Crippen LogP contribution is -2.30. The van der Waals surface area contributed by atoms with Crippen LogP contribution in [-0.4, -0.2) is 34.1 Å². The number of hydrogen-bond donors (Lipinski definition) is 1. The number of aromatic nitrogens is 2. The van der Waals surface area contributed by atoms with E-state index in [0.717, 1.165) is 16.8 Å². The number of carbonyl (C=O) groups is 2. The maximum absolute atomic E-state index is 12.4. The van der Waals surface area contributed by atoms with E-state index in [4.69, 9.17) is 9.47 Å². The normalized spacial score (nSPS) is 10.9. The fourth-order valence-corrected chi connectivity index (χ4v) is 2.90. The molecule has 0 radical (unpaired) electrons. The molecule has 0 aliphatic rings. The maximum atomic E-state index is 12.4. The summed E-state index contributed by atoms with van der Waals surface area (Å²) in [6.07, 6.45) is -0.0267. The molecule has 0 fully saturated rings. The fourth-order valence-electron chi connectivity index (χ4n) is 2.90. The van der Waals surface area contributed by atoms with Crippen molar-refractivity contribution < 1.29 is 19.1 Å². The number of esters is 1. The van der Waals surface area contributed by atoms with Crippen molar-refractivity contribution >= 4 is 22.9 Å². The quantitative estimate of drug-likeness (QED) is 0.563. The zero-order valence-electron chi connectivity index (χ0n) is 16.6. The monoisotopic (exact) mass is 395 g/mol. The predicted octanol–water partition coefficient (Wildman–Crippen LogP) is 3.07. The molecule has 3 aromatic rings. The molecule has 7 heteroatoms. The van der Waals surface area contributed by atoms with E-state index in [9.17, 15) is 9.59 Å². The average Bonchev–Trinajstić information content (AvgIpc) is 3.04. The van der Waals surface area contributed by atoms with Gasteiger partial charge >= 0.3 is 5.97 Å². The highest BCUT2D eigenvalue weighted by Gasteiger charge is 2.14. The van der Waals surface area contributed by atoms with Crippen molar-refractivity contribution in [2.45, 2.75) is 39.5 Å². The van der Waals surface area contributed by atoms with E-state index < -0.39 is 0 Å². The molecule has 3 rings (SSSR count).